The van der Waals surface area contributed by atoms with Crippen molar-refractivity contribution in [2.75, 3.05) is 7.11 Å². The molecule has 0 fully saturated rings. The zero-order valence-corrected chi connectivity index (χ0v) is 11.2. The number of hydrogen-bond acceptors (Lipinski definition) is 2. The first kappa shape index (κ1) is 12.9. The van der Waals surface area contributed by atoms with Crippen LogP contribution in [0.4, 0.5) is 5.69 Å². The quantitative estimate of drug-likeness (QED) is 0.743. The monoisotopic (exact) mass is 279 g/mol. The molecule has 2 rings (SSSR count). The summed E-state index contributed by atoms with van der Waals surface area (Å²) in [6.07, 6.45) is 1.69. The van der Waals surface area contributed by atoms with E-state index in [0.717, 1.165) is 17.0 Å². The summed E-state index contributed by atoms with van der Waals surface area (Å²) in [7, 11) is 1.63. The number of aliphatic imine (C=N–C) groups is 1. The second kappa shape index (κ2) is 5.89. The van der Waals surface area contributed by atoms with E-state index in [1.807, 2.05) is 36.4 Å². The summed E-state index contributed by atoms with van der Waals surface area (Å²) in [6.45, 7) is 0. The molecule has 2 aromatic rings. The second-order valence-corrected chi connectivity index (χ2v) is 4.38. The first-order valence-corrected chi connectivity index (χ1v) is 6.08. The molecule has 0 saturated carbocycles. The number of rotatable bonds is 3. The Bertz CT molecular complexity index is 565. The lowest BCUT2D eigenvalue weighted by atomic mass is 10.2. The van der Waals surface area contributed by atoms with Crippen molar-refractivity contribution in [2.24, 2.45) is 4.99 Å². The molecule has 4 heteroatoms. The van der Waals surface area contributed by atoms with E-state index < -0.39 is 0 Å². The minimum Gasteiger partial charge on any atom is -0.497 e. The molecule has 0 saturated heterocycles. The Morgan fingerprint density at radius 1 is 1.06 bits per heavy atom. The fourth-order valence-electron chi connectivity index (χ4n) is 1.43. The molecule has 0 aromatic heterocycles. The van der Waals surface area contributed by atoms with Crippen molar-refractivity contribution >= 4 is 35.1 Å². The zero-order chi connectivity index (χ0) is 13.0. The summed E-state index contributed by atoms with van der Waals surface area (Å²) in [5, 5.41) is 1.03. The lowest BCUT2D eigenvalue weighted by molar-refractivity contribution is 0.415. The summed E-state index contributed by atoms with van der Waals surface area (Å²) in [4.78, 5) is 4.33. The molecule has 0 unspecified atom stereocenters. The van der Waals surface area contributed by atoms with Gasteiger partial charge < -0.3 is 4.74 Å². The number of nitrogens with zero attached hydrogens (tertiary/aromatic N) is 1. The van der Waals surface area contributed by atoms with Gasteiger partial charge in [-0.2, -0.15) is 0 Å². The Kier molecular flexibility index (Phi) is 4.24. The van der Waals surface area contributed by atoms with Crippen LogP contribution in [0.2, 0.25) is 10.0 Å². The molecular formula is C14H11Cl2NO. The van der Waals surface area contributed by atoms with Gasteiger partial charge in [-0.1, -0.05) is 35.3 Å². The SMILES string of the molecule is COc1ccc(N=Cc2cccc(Cl)c2Cl)cc1. The van der Waals surface area contributed by atoms with E-state index in [0.29, 0.717) is 10.0 Å². The smallest absolute Gasteiger partial charge is 0.119 e. The maximum absolute atomic E-state index is 6.06. The van der Waals surface area contributed by atoms with Gasteiger partial charge in [-0.25, -0.2) is 0 Å². The van der Waals surface area contributed by atoms with Crippen LogP contribution in [0.1, 0.15) is 5.56 Å². The minimum absolute atomic E-state index is 0.511. The first-order valence-electron chi connectivity index (χ1n) is 5.33. The van der Waals surface area contributed by atoms with Gasteiger partial charge in [-0.05, 0) is 30.3 Å². The Hall–Kier alpha value is -1.51. The summed E-state index contributed by atoms with van der Waals surface area (Å²) < 4.78 is 5.08. The molecule has 0 N–H and O–H groups in total. The van der Waals surface area contributed by atoms with Gasteiger partial charge >= 0.3 is 0 Å². The molecule has 0 bridgehead atoms. The molecule has 0 aliphatic carbocycles. The van der Waals surface area contributed by atoms with Crippen molar-refractivity contribution in [3.8, 4) is 5.75 Å². The van der Waals surface area contributed by atoms with Gasteiger partial charge in [0.2, 0.25) is 0 Å². The molecule has 0 aliphatic rings. The van der Waals surface area contributed by atoms with E-state index >= 15 is 0 Å². The summed E-state index contributed by atoms with van der Waals surface area (Å²) in [5.74, 6) is 0.801. The average Bonchev–Trinajstić information content (AvgIpc) is 2.41. The molecule has 2 nitrogen and oxygen atoms in total. The third-order valence-corrected chi connectivity index (χ3v) is 3.24. The van der Waals surface area contributed by atoms with E-state index in [-0.39, 0.29) is 0 Å². The average molecular weight is 280 g/mol. The third-order valence-electron chi connectivity index (χ3n) is 2.41. The largest absolute Gasteiger partial charge is 0.497 e. The normalized spacial score (nSPS) is 10.8. The predicted octanol–water partition coefficient (Wildman–Crippen LogP) is 4.75. The highest BCUT2D eigenvalue weighted by Crippen LogP contribution is 2.25. The fourth-order valence-corrected chi connectivity index (χ4v) is 1.79. The van der Waals surface area contributed by atoms with Gasteiger partial charge in [0, 0.05) is 11.8 Å². The van der Waals surface area contributed by atoms with Crippen LogP contribution in [0.3, 0.4) is 0 Å². The molecule has 18 heavy (non-hydrogen) atoms. The Balaban J connectivity index is 2.21. The molecular weight excluding hydrogens is 269 g/mol. The van der Waals surface area contributed by atoms with Crippen molar-refractivity contribution in [3.05, 3.63) is 58.1 Å². The van der Waals surface area contributed by atoms with Crippen LogP contribution in [-0.4, -0.2) is 13.3 Å². The summed E-state index contributed by atoms with van der Waals surface area (Å²) >= 11 is 12.0. The number of methoxy groups -OCH3 is 1. The molecule has 2 aromatic carbocycles. The predicted molar refractivity (Wildman–Crippen MR) is 76.7 cm³/mol. The maximum atomic E-state index is 6.06. The van der Waals surface area contributed by atoms with Gasteiger partial charge in [-0.15, -0.1) is 0 Å². The van der Waals surface area contributed by atoms with Crippen molar-refractivity contribution < 1.29 is 4.74 Å². The molecule has 0 spiro atoms. The molecule has 0 heterocycles. The lowest BCUT2D eigenvalue weighted by Crippen LogP contribution is -1.83. The van der Waals surface area contributed by atoms with Crippen LogP contribution in [-0.2, 0) is 0 Å². The Labute approximate surface area is 116 Å². The van der Waals surface area contributed by atoms with Crippen LogP contribution in [0.25, 0.3) is 0 Å². The van der Waals surface area contributed by atoms with Crippen molar-refractivity contribution in [1.82, 2.24) is 0 Å². The van der Waals surface area contributed by atoms with Gasteiger partial charge in [-0.3, -0.25) is 4.99 Å². The van der Waals surface area contributed by atoms with Gasteiger partial charge in [0.05, 0.1) is 22.8 Å². The number of halogens is 2. The number of hydrogen-bond donors (Lipinski definition) is 0. The van der Waals surface area contributed by atoms with Crippen LogP contribution in [0, 0.1) is 0 Å². The van der Waals surface area contributed by atoms with E-state index in [4.69, 9.17) is 27.9 Å². The minimum atomic E-state index is 0.511. The van der Waals surface area contributed by atoms with Gasteiger partial charge in [0.25, 0.3) is 0 Å². The Morgan fingerprint density at radius 3 is 2.44 bits per heavy atom. The van der Waals surface area contributed by atoms with Crippen LogP contribution < -0.4 is 4.74 Å². The highest BCUT2D eigenvalue weighted by molar-refractivity contribution is 6.43. The summed E-state index contributed by atoms with van der Waals surface area (Å²) in [6, 6.07) is 12.9. The molecule has 0 amide bonds. The Morgan fingerprint density at radius 2 is 1.78 bits per heavy atom. The molecule has 0 atom stereocenters. The van der Waals surface area contributed by atoms with E-state index in [2.05, 4.69) is 4.99 Å². The standard InChI is InChI=1S/C14H11Cl2NO/c1-18-12-7-5-11(6-8-12)17-9-10-3-2-4-13(15)14(10)16/h2-9H,1H3. The third kappa shape index (κ3) is 3.03. The highest BCUT2D eigenvalue weighted by Gasteiger charge is 2.01. The topological polar surface area (TPSA) is 21.6 Å². The van der Waals surface area contributed by atoms with Gasteiger partial charge in [0.15, 0.2) is 0 Å². The molecule has 0 radical (unpaired) electrons. The highest BCUT2D eigenvalue weighted by atomic mass is 35.5. The van der Waals surface area contributed by atoms with E-state index in [9.17, 15) is 0 Å². The second-order valence-electron chi connectivity index (χ2n) is 3.60. The number of ether oxygens (including phenoxy) is 1. The van der Waals surface area contributed by atoms with E-state index in [1.54, 1.807) is 19.4 Å². The fraction of sp³-hybridized carbons (Fsp3) is 0.0714. The van der Waals surface area contributed by atoms with Crippen LogP contribution in [0.5, 0.6) is 5.75 Å². The lowest BCUT2D eigenvalue weighted by Gasteiger charge is -2.01. The van der Waals surface area contributed by atoms with Gasteiger partial charge in [0.1, 0.15) is 5.75 Å². The van der Waals surface area contributed by atoms with Crippen LogP contribution >= 0.6 is 23.2 Å². The zero-order valence-electron chi connectivity index (χ0n) is 9.73. The molecule has 92 valence electrons. The van der Waals surface area contributed by atoms with Crippen molar-refractivity contribution in [1.29, 1.82) is 0 Å². The van der Waals surface area contributed by atoms with E-state index in [1.165, 1.54) is 0 Å². The molecule has 0 aliphatic heterocycles. The maximum Gasteiger partial charge on any atom is 0.119 e. The number of benzene rings is 2. The summed E-state index contributed by atoms with van der Waals surface area (Å²) in [5.41, 5.74) is 1.62. The van der Waals surface area contributed by atoms with Crippen LogP contribution in [0.15, 0.2) is 47.5 Å². The van der Waals surface area contributed by atoms with Crippen molar-refractivity contribution in [3.63, 3.8) is 0 Å². The van der Waals surface area contributed by atoms with Crippen molar-refractivity contribution in [2.45, 2.75) is 0 Å². The first-order chi connectivity index (χ1) is 8.70.